The Balaban J connectivity index is 3.35. The molecular formula is C8H18N2O. The fourth-order valence-electron chi connectivity index (χ4n) is 0.812. The lowest BCUT2D eigenvalue weighted by Gasteiger charge is -2.19. The van der Waals surface area contributed by atoms with Gasteiger partial charge in [-0.3, -0.25) is 5.84 Å². The molecule has 0 amide bonds. The van der Waals surface area contributed by atoms with Gasteiger partial charge in [-0.25, -0.2) is 5.01 Å². The summed E-state index contributed by atoms with van der Waals surface area (Å²) in [5, 5.41) is 10.5. The number of rotatable bonds is 6. The van der Waals surface area contributed by atoms with Gasteiger partial charge in [0.15, 0.2) is 0 Å². The van der Waals surface area contributed by atoms with Crippen molar-refractivity contribution in [2.24, 2.45) is 5.84 Å². The molecule has 0 bridgehead atoms. The highest BCUT2D eigenvalue weighted by Gasteiger charge is 2.04. The van der Waals surface area contributed by atoms with E-state index in [9.17, 15) is 0 Å². The molecule has 3 nitrogen and oxygen atoms in total. The first kappa shape index (κ1) is 10.6. The van der Waals surface area contributed by atoms with Crippen LogP contribution in [-0.2, 0) is 0 Å². The zero-order chi connectivity index (χ0) is 8.69. The van der Waals surface area contributed by atoms with Crippen LogP contribution in [-0.4, -0.2) is 22.9 Å². The molecule has 0 aromatic heterocycles. The summed E-state index contributed by atoms with van der Waals surface area (Å²) in [4.78, 5) is 0. The number of aliphatic hydroxyl groups is 1. The first-order valence-electron chi connectivity index (χ1n) is 4.04. The van der Waals surface area contributed by atoms with Crippen molar-refractivity contribution >= 4 is 0 Å². The molecule has 1 unspecified atom stereocenters. The van der Waals surface area contributed by atoms with Crippen LogP contribution in [0, 0.1) is 0 Å². The number of unbranched alkanes of at least 4 members (excludes halogenated alkanes) is 2. The fourth-order valence-corrected chi connectivity index (χ4v) is 0.812. The lowest BCUT2D eigenvalue weighted by Crippen LogP contribution is -2.40. The number of nitrogens with two attached hydrogens (primary N) is 1. The zero-order valence-corrected chi connectivity index (χ0v) is 7.16. The quantitative estimate of drug-likeness (QED) is 0.198. The molecule has 11 heavy (non-hydrogen) atoms. The minimum absolute atomic E-state index is 0.702. The van der Waals surface area contributed by atoms with Crippen molar-refractivity contribution in [1.82, 2.24) is 5.01 Å². The summed E-state index contributed by atoms with van der Waals surface area (Å²) < 4.78 is 0. The molecule has 0 saturated heterocycles. The van der Waals surface area contributed by atoms with Gasteiger partial charge in [-0.15, -0.1) is 0 Å². The van der Waals surface area contributed by atoms with Gasteiger partial charge in [0.05, 0.1) is 0 Å². The first-order valence-corrected chi connectivity index (χ1v) is 4.04. The second-order valence-corrected chi connectivity index (χ2v) is 2.59. The van der Waals surface area contributed by atoms with Crippen LogP contribution in [0.15, 0.2) is 12.7 Å². The Hall–Kier alpha value is -0.380. The fraction of sp³-hybridized carbons (Fsp3) is 0.750. The van der Waals surface area contributed by atoms with Crippen LogP contribution >= 0.6 is 0 Å². The molecule has 0 rings (SSSR count). The maximum atomic E-state index is 9.11. The van der Waals surface area contributed by atoms with E-state index in [0.29, 0.717) is 0 Å². The summed E-state index contributed by atoms with van der Waals surface area (Å²) in [6.07, 6.45) is 4.06. The number of hydrogen-bond donors (Lipinski definition) is 2. The standard InChI is InChI=1S/C8H18N2O/c1-3-5-6-7-10(9)8(11)4-2/h4,8,11H,2-3,5-7,9H2,1H3. The normalized spacial score (nSPS) is 13.5. The summed E-state index contributed by atoms with van der Waals surface area (Å²) in [5.74, 6) is 5.48. The summed E-state index contributed by atoms with van der Waals surface area (Å²) in [7, 11) is 0. The van der Waals surface area contributed by atoms with Gasteiger partial charge < -0.3 is 5.11 Å². The Morgan fingerprint density at radius 2 is 2.27 bits per heavy atom. The molecule has 0 saturated carbocycles. The van der Waals surface area contributed by atoms with E-state index in [1.165, 1.54) is 11.1 Å². The third kappa shape index (κ3) is 4.95. The largest absolute Gasteiger partial charge is 0.373 e. The van der Waals surface area contributed by atoms with Gasteiger partial charge in [-0.2, -0.15) is 0 Å². The van der Waals surface area contributed by atoms with Crippen molar-refractivity contribution in [2.45, 2.75) is 32.4 Å². The van der Waals surface area contributed by atoms with E-state index < -0.39 is 6.23 Å². The molecule has 3 heteroatoms. The van der Waals surface area contributed by atoms with E-state index in [1.807, 2.05) is 0 Å². The van der Waals surface area contributed by atoms with Crippen molar-refractivity contribution in [3.8, 4) is 0 Å². The Morgan fingerprint density at radius 1 is 1.64 bits per heavy atom. The monoisotopic (exact) mass is 158 g/mol. The molecule has 0 aliphatic carbocycles. The van der Waals surface area contributed by atoms with Gasteiger partial charge in [0, 0.05) is 6.54 Å². The van der Waals surface area contributed by atoms with Crippen LogP contribution < -0.4 is 5.84 Å². The van der Waals surface area contributed by atoms with E-state index >= 15 is 0 Å². The van der Waals surface area contributed by atoms with Gasteiger partial charge in [0.1, 0.15) is 6.23 Å². The molecule has 0 fully saturated rings. The summed E-state index contributed by atoms with van der Waals surface area (Å²) >= 11 is 0. The minimum atomic E-state index is -0.702. The third-order valence-electron chi connectivity index (χ3n) is 1.57. The third-order valence-corrected chi connectivity index (χ3v) is 1.57. The van der Waals surface area contributed by atoms with E-state index in [4.69, 9.17) is 10.9 Å². The molecular weight excluding hydrogens is 140 g/mol. The second kappa shape index (κ2) is 6.34. The van der Waals surface area contributed by atoms with Crippen molar-refractivity contribution in [3.63, 3.8) is 0 Å². The van der Waals surface area contributed by atoms with Gasteiger partial charge in [0.25, 0.3) is 0 Å². The van der Waals surface area contributed by atoms with Crippen LogP contribution in [0.4, 0.5) is 0 Å². The average Bonchev–Trinajstić information content (AvgIpc) is 2.03. The number of nitrogens with zero attached hydrogens (tertiary/aromatic N) is 1. The maximum absolute atomic E-state index is 9.11. The van der Waals surface area contributed by atoms with Gasteiger partial charge in [-0.1, -0.05) is 26.3 Å². The van der Waals surface area contributed by atoms with Crippen molar-refractivity contribution in [2.75, 3.05) is 6.54 Å². The number of hydrazine groups is 1. The Morgan fingerprint density at radius 3 is 2.73 bits per heavy atom. The number of aliphatic hydroxyl groups excluding tert-OH is 1. The highest BCUT2D eigenvalue weighted by Crippen LogP contribution is 1.97. The molecule has 0 spiro atoms. The second-order valence-electron chi connectivity index (χ2n) is 2.59. The number of hydrogen-bond acceptors (Lipinski definition) is 3. The molecule has 0 aliphatic heterocycles. The average molecular weight is 158 g/mol. The molecule has 0 heterocycles. The molecule has 0 aromatic carbocycles. The highest BCUT2D eigenvalue weighted by molar-refractivity contribution is 4.75. The molecule has 0 aliphatic rings. The maximum Gasteiger partial charge on any atom is 0.138 e. The van der Waals surface area contributed by atoms with Crippen molar-refractivity contribution < 1.29 is 5.11 Å². The predicted octanol–water partition coefficient (Wildman–Crippen LogP) is 0.857. The lowest BCUT2D eigenvalue weighted by atomic mass is 10.2. The van der Waals surface area contributed by atoms with Crippen LogP contribution in [0.3, 0.4) is 0 Å². The smallest absolute Gasteiger partial charge is 0.138 e. The van der Waals surface area contributed by atoms with Crippen molar-refractivity contribution in [3.05, 3.63) is 12.7 Å². The van der Waals surface area contributed by atoms with E-state index in [2.05, 4.69) is 13.5 Å². The van der Waals surface area contributed by atoms with E-state index in [1.54, 1.807) is 0 Å². The van der Waals surface area contributed by atoms with Gasteiger partial charge in [-0.05, 0) is 12.5 Å². The summed E-state index contributed by atoms with van der Waals surface area (Å²) in [6.45, 7) is 6.29. The van der Waals surface area contributed by atoms with Crippen LogP contribution in [0.1, 0.15) is 26.2 Å². The molecule has 3 N–H and O–H groups in total. The minimum Gasteiger partial charge on any atom is -0.373 e. The van der Waals surface area contributed by atoms with Gasteiger partial charge in [0.2, 0.25) is 0 Å². The van der Waals surface area contributed by atoms with E-state index in [-0.39, 0.29) is 0 Å². The van der Waals surface area contributed by atoms with Crippen LogP contribution in [0.2, 0.25) is 0 Å². The predicted molar refractivity (Wildman–Crippen MR) is 46.6 cm³/mol. The topological polar surface area (TPSA) is 49.5 Å². The van der Waals surface area contributed by atoms with Gasteiger partial charge >= 0.3 is 0 Å². The first-order chi connectivity index (χ1) is 5.22. The summed E-state index contributed by atoms with van der Waals surface area (Å²) in [5.41, 5.74) is 0. The van der Waals surface area contributed by atoms with E-state index in [0.717, 1.165) is 25.8 Å². The lowest BCUT2D eigenvalue weighted by molar-refractivity contribution is 0.0403. The van der Waals surface area contributed by atoms with Crippen molar-refractivity contribution in [1.29, 1.82) is 0 Å². The molecule has 1 atom stereocenters. The Bertz CT molecular complexity index is 106. The van der Waals surface area contributed by atoms with Crippen LogP contribution in [0.5, 0.6) is 0 Å². The Labute approximate surface area is 68.5 Å². The Kier molecular flexibility index (Phi) is 6.12. The highest BCUT2D eigenvalue weighted by atomic mass is 16.3. The summed E-state index contributed by atoms with van der Waals surface area (Å²) in [6, 6.07) is 0. The SMILES string of the molecule is C=CC(O)N(N)CCCCC. The van der Waals surface area contributed by atoms with Crippen LogP contribution in [0.25, 0.3) is 0 Å². The molecule has 66 valence electrons. The molecule has 0 aromatic rings. The zero-order valence-electron chi connectivity index (χ0n) is 7.16. The molecule has 0 radical (unpaired) electrons.